The molecule has 0 atom stereocenters. The van der Waals surface area contributed by atoms with Crippen molar-refractivity contribution in [1.29, 1.82) is 0 Å². The summed E-state index contributed by atoms with van der Waals surface area (Å²) >= 11 is 0. The van der Waals surface area contributed by atoms with Gasteiger partial charge in [0.05, 0.1) is 18.4 Å². The number of phenolic OH excluding ortho intramolecular Hbond substituents is 1. The number of hydrogen-bond acceptors (Lipinski definition) is 4. The van der Waals surface area contributed by atoms with Crippen molar-refractivity contribution in [2.45, 2.75) is 38.5 Å². The molecule has 4 rings (SSSR count). The number of rotatable bonds is 6. The summed E-state index contributed by atoms with van der Waals surface area (Å²) in [6.07, 6.45) is 6.31. The molecule has 2 saturated carbocycles. The molecule has 126 valence electrons. The molecule has 1 aromatic carbocycles. The lowest BCUT2D eigenvalue weighted by Gasteiger charge is -2.20. The quantitative estimate of drug-likeness (QED) is 0.859. The Morgan fingerprint density at radius 1 is 1.21 bits per heavy atom. The van der Waals surface area contributed by atoms with Crippen molar-refractivity contribution < 1.29 is 14.3 Å². The van der Waals surface area contributed by atoms with Gasteiger partial charge in [-0.1, -0.05) is 0 Å². The third-order valence-corrected chi connectivity index (χ3v) is 5.07. The highest BCUT2D eigenvalue weighted by Crippen LogP contribution is 2.56. The Hall–Kier alpha value is -2.23. The van der Waals surface area contributed by atoms with E-state index in [1.807, 2.05) is 13.0 Å². The van der Waals surface area contributed by atoms with Gasteiger partial charge in [-0.05, 0) is 74.1 Å². The summed E-state index contributed by atoms with van der Waals surface area (Å²) in [5, 5.41) is 10.6. The number of phenols is 1. The van der Waals surface area contributed by atoms with Gasteiger partial charge in [-0.25, -0.2) is 4.79 Å². The van der Waals surface area contributed by atoms with Gasteiger partial charge in [0, 0.05) is 11.6 Å². The zero-order chi connectivity index (χ0) is 16.7. The maximum absolute atomic E-state index is 12.1. The van der Waals surface area contributed by atoms with Crippen molar-refractivity contribution in [3.05, 3.63) is 46.5 Å². The summed E-state index contributed by atoms with van der Waals surface area (Å²) in [4.78, 5) is 12.1. The number of aromatic hydroxyl groups is 1. The van der Waals surface area contributed by atoms with Gasteiger partial charge in [0.2, 0.25) is 0 Å². The van der Waals surface area contributed by atoms with Crippen LogP contribution in [0.25, 0.3) is 11.1 Å². The molecule has 2 aliphatic carbocycles. The highest BCUT2D eigenvalue weighted by Gasteiger charge is 2.43. The predicted octanol–water partition coefficient (Wildman–Crippen LogP) is 4.31. The molecule has 2 aliphatic rings. The summed E-state index contributed by atoms with van der Waals surface area (Å²) < 4.78 is 10.7. The highest BCUT2D eigenvalue weighted by molar-refractivity contribution is 5.72. The van der Waals surface area contributed by atoms with Gasteiger partial charge in [0.15, 0.2) is 0 Å². The van der Waals surface area contributed by atoms with E-state index in [1.54, 1.807) is 18.2 Å². The molecule has 24 heavy (non-hydrogen) atoms. The maximum Gasteiger partial charge on any atom is 0.343 e. The van der Waals surface area contributed by atoms with Gasteiger partial charge in [-0.2, -0.15) is 0 Å². The van der Waals surface area contributed by atoms with E-state index in [1.165, 1.54) is 31.9 Å². The van der Waals surface area contributed by atoms with Crippen LogP contribution in [0.4, 0.5) is 0 Å². The van der Waals surface area contributed by atoms with Gasteiger partial charge in [0.25, 0.3) is 0 Å². The zero-order valence-corrected chi connectivity index (χ0v) is 13.8. The van der Waals surface area contributed by atoms with Crippen LogP contribution in [0.15, 0.2) is 39.7 Å². The Morgan fingerprint density at radius 2 is 1.92 bits per heavy atom. The second-order valence-electron chi connectivity index (χ2n) is 6.86. The van der Waals surface area contributed by atoms with Crippen LogP contribution in [0, 0.1) is 11.8 Å². The highest BCUT2D eigenvalue weighted by atomic mass is 16.5. The molecule has 0 spiro atoms. The fraction of sp³-hybridized carbons (Fsp3) is 0.450. The van der Waals surface area contributed by atoms with E-state index < -0.39 is 0 Å². The molecule has 0 amide bonds. The van der Waals surface area contributed by atoms with Gasteiger partial charge in [0.1, 0.15) is 11.5 Å². The van der Waals surface area contributed by atoms with Crippen LogP contribution in [0.5, 0.6) is 11.5 Å². The van der Waals surface area contributed by atoms with E-state index in [4.69, 9.17) is 9.15 Å². The molecule has 0 aliphatic heterocycles. The van der Waals surface area contributed by atoms with Gasteiger partial charge in [-0.15, -0.1) is 0 Å². The van der Waals surface area contributed by atoms with Crippen molar-refractivity contribution >= 4 is 0 Å². The molecule has 4 nitrogen and oxygen atoms in total. The van der Waals surface area contributed by atoms with E-state index in [9.17, 15) is 9.90 Å². The van der Waals surface area contributed by atoms with Crippen LogP contribution in [-0.2, 0) is 0 Å². The molecule has 0 radical (unpaired) electrons. The largest absolute Gasteiger partial charge is 0.508 e. The summed E-state index contributed by atoms with van der Waals surface area (Å²) in [6, 6.07) is 7.07. The summed E-state index contributed by atoms with van der Waals surface area (Å²) in [6.45, 7) is 2.36. The standard InChI is InChI=1S/C20H22O4/c1-2-23-18-11-17(21)16(19(12-5-6-12)13-7-8-13)10-15(18)14-4-3-9-24-20(14)22/h3-4,9-13,19,21H,2,5-8H2,1H3. The third-order valence-electron chi connectivity index (χ3n) is 5.07. The monoisotopic (exact) mass is 326 g/mol. The molecule has 1 aromatic heterocycles. The molecule has 0 bridgehead atoms. The van der Waals surface area contributed by atoms with Gasteiger partial charge >= 0.3 is 5.63 Å². The maximum atomic E-state index is 12.1. The first-order valence-electron chi connectivity index (χ1n) is 8.77. The molecule has 4 heteroatoms. The first-order valence-corrected chi connectivity index (χ1v) is 8.77. The Morgan fingerprint density at radius 3 is 2.50 bits per heavy atom. The van der Waals surface area contributed by atoms with Crippen LogP contribution < -0.4 is 10.4 Å². The minimum absolute atomic E-state index is 0.284. The average Bonchev–Trinajstić information content (AvgIpc) is 3.45. The number of ether oxygens (including phenoxy) is 1. The molecule has 0 saturated heterocycles. The fourth-order valence-corrected chi connectivity index (χ4v) is 3.71. The van der Waals surface area contributed by atoms with Crippen molar-refractivity contribution in [3.63, 3.8) is 0 Å². The van der Waals surface area contributed by atoms with E-state index in [0.29, 0.717) is 41.2 Å². The summed E-state index contributed by atoms with van der Waals surface area (Å²) in [7, 11) is 0. The minimum Gasteiger partial charge on any atom is -0.508 e. The number of benzene rings is 1. The Balaban J connectivity index is 1.85. The molecule has 2 aromatic rings. The Kier molecular flexibility index (Phi) is 3.83. The van der Waals surface area contributed by atoms with E-state index >= 15 is 0 Å². The number of hydrogen-bond donors (Lipinski definition) is 1. The molecule has 0 unspecified atom stereocenters. The van der Waals surface area contributed by atoms with Crippen molar-refractivity contribution in [2.24, 2.45) is 11.8 Å². The topological polar surface area (TPSA) is 59.7 Å². The van der Waals surface area contributed by atoms with Crippen LogP contribution in [0.3, 0.4) is 0 Å². The Bertz CT molecular complexity index is 788. The smallest absolute Gasteiger partial charge is 0.343 e. The van der Waals surface area contributed by atoms with Crippen LogP contribution >= 0.6 is 0 Å². The lowest BCUT2D eigenvalue weighted by Crippen LogP contribution is -2.08. The molecule has 1 heterocycles. The van der Waals surface area contributed by atoms with Crippen LogP contribution in [0.1, 0.15) is 44.1 Å². The lowest BCUT2D eigenvalue weighted by atomic mass is 9.87. The first-order chi connectivity index (χ1) is 11.7. The van der Waals surface area contributed by atoms with Crippen molar-refractivity contribution in [3.8, 4) is 22.6 Å². The average molecular weight is 326 g/mol. The van der Waals surface area contributed by atoms with Crippen LogP contribution in [-0.4, -0.2) is 11.7 Å². The van der Waals surface area contributed by atoms with E-state index in [2.05, 4.69) is 0 Å². The van der Waals surface area contributed by atoms with E-state index in [0.717, 1.165) is 5.56 Å². The van der Waals surface area contributed by atoms with Gasteiger partial charge < -0.3 is 14.3 Å². The summed E-state index contributed by atoms with van der Waals surface area (Å²) in [5.74, 6) is 2.55. The zero-order valence-electron chi connectivity index (χ0n) is 13.8. The van der Waals surface area contributed by atoms with Crippen molar-refractivity contribution in [1.82, 2.24) is 0 Å². The second kappa shape index (κ2) is 6.00. The van der Waals surface area contributed by atoms with Gasteiger partial charge in [-0.3, -0.25) is 0 Å². The summed E-state index contributed by atoms with van der Waals surface area (Å²) in [5.41, 5.74) is 1.77. The van der Waals surface area contributed by atoms with Crippen molar-refractivity contribution in [2.75, 3.05) is 6.61 Å². The lowest BCUT2D eigenvalue weighted by molar-refractivity contribution is 0.338. The molecular formula is C20H22O4. The van der Waals surface area contributed by atoms with E-state index in [-0.39, 0.29) is 11.4 Å². The second-order valence-corrected chi connectivity index (χ2v) is 6.86. The first kappa shape index (κ1) is 15.3. The third kappa shape index (κ3) is 2.81. The Labute approximate surface area is 141 Å². The molecule has 2 fully saturated rings. The normalized spacial score (nSPS) is 17.2. The SMILES string of the molecule is CCOc1cc(O)c(C(C2CC2)C2CC2)cc1-c1cccoc1=O. The predicted molar refractivity (Wildman–Crippen MR) is 91.4 cm³/mol. The van der Waals surface area contributed by atoms with Crippen LogP contribution in [0.2, 0.25) is 0 Å². The molecule has 1 N–H and O–H groups in total. The fourth-order valence-electron chi connectivity index (χ4n) is 3.71. The molecular weight excluding hydrogens is 304 g/mol. The minimum atomic E-state index is -0.385.